The molecule has 22 heavy (non-hydrogen) atoms. The van der Waals surface area contributed by atoms with Gasteiger partial charge in [0.2, 0.25) is 0 Å². The smallest absolute Gasteiger partial charge is 0.0573 e. The number of hydrogen-bond acceptors (Lipinski definition) is 2. The van der Waals surface area contributed by atoms with E-state index < -0.39 is 0 Å². The van der Waals surface area contributed by atoms with Crippen molar-refractivity contribution in [2.45, 2.75) is 92.3 Å². The fraction of sp³-hybridized carbons (Fsp3) is 1.00. The SMILES string of the molecule is CC1CCC(C(C)C)C(O)C1.CC1CCC(C(C)C)C(O)C1. The van der Waals surface area contributed by atoms with E-state index in [0.717, 1.165) is 24.7 Å². The molecule has 0 aliphatic heterocycles. The second-order valence-corrected chi connectivity index (χ2v) is 8.79. The van der Waals surface area contributed by atoms with Crippen LogP contribution in [-0.2, 0) is 0 Å². The minimum absolute atomic E-state index is 0.0289. The fourth-order valence-corrected chi connectivity index (χ4v) is 4.30. The van der Waals surface area contributed by atoms with Gasteiger partial charge >= 0.3 is 0 Å². The molecule has 6 unspecified atom stereocenters. The molecule has 2 N–H and O–H groups in total. The summed E-state index contributed by atoms with van der Waals surface area (Å²) >= 11 is 0. The van der Waals surface area contributed by atoms with Crippen LogP contribution in [0.5, 0.6) is 0 Å². The monoisotopic (exact) mass is 312 g/mol. The highest BCUT2D eigenvalue weighted by molar-refractivity contribution is 4.80. The summed E-state index contributed by atoms with van der Waals surface area (Å²) < 4.78 is 0. The molecule has 0 saturated heterocycles. The van der Waals surface area contributed by atoms with Crippen molar-refractivity contribution >= 4 is 0 Å². The zero-order valence-corrected chi connectivity index (χ0v) is 15.8. The van der Waals surface area contributed by atoms with Crippen molar-refractivity contribution in [3.8, 4) is 0 Å². The predicted octanol–water partition coefficient (Wildman–Crippen LogP) is 4.88. The van der Waals surface area contributed by atoms with Gasteiger partial charge in [-0.2, -0.15) is 0 Å². The van der Waals surface area contributed by atoms with E-state index in [1.165, 1.54) is 25.7 Å². The van der Waals surface area contributed by atoms with Crippen molar-refractivity contribution in [1.82, 2.24) is 0 Å². The molecule has 0 amide bonds. The van der Waals surface area contributed by atoms with E-state index >= 15 is 0 Å². The van der Waals surface area contributed by atoms with E-state index in [0.29, 0.717) is 23.7 Å². The summed E-state index contributed by atoms with van der Waals surface area (Å²) in [5.41, 5.74) is 0. The van der Waals surface area contributed by atoms with Gasteiger partial charge in [-0.1, -0.05) is 54.4 Å². The quantitative estimate of drug-likeness (QED) is 0.763. The highest BCUT2D eigenvalue weighted by Crippen LogP contribution is 2.33. The first-order valence-electron chi connectivity index (χ1n) is 9.58. The maximum absolute atomic E-state index is 9.71. The molecule has 2 fully saturated rings. The summed E-state index contributed by atoms with van der Waals surface area (Å²) in [5.74, 6) is 3.90. The van der Waals surface area contributed by atoms with Gasteiger partial charge in [-0.25, -0.2) is 0 Å². The van der Waals surface area contributed by atoms with Gasteiger partial charge in [0.15, 0.2) is 0 Å². The molecule has 0 aromatic rings. The molecule has 0 heterocycles. The molecule has 0 bridgehead atoms. The number of aliphatic hydroxyl groups excluding tert-OH is 2. The summed E-state index contributed by atoms with van der Waals surface area (Å²) in [6.45, 7) is 13.3. The van der Waals surface area contributed by atoms with Gasteiger partial charge in [0, 0.05) is 0 Å². The lowest BCUT2D eigenvalue weighted by molar-refractivity contribution is 0.0263. The molecule has 2 saturated carbocycles. The van der Waals surface area contributed by atoms with Crippen LogP contribution in [0.2, 0.25) is 0 Å². The highest BCUT2D eigenvalue weighted by atomic mass is 16.3. The average molecular weight is 313 g/mol. The summed E-state index contributed by atoms with van der Waals surface area (Å²) in [7, 11) is 0. The van der Waals surface area contributed by atoms with Gasteiger partial charge in [0.05, 0.1) is 12.2 Å². The number of rotatable bonds is 2. The van der Waals surface area contributed by atoms with Crippen LogP contribution in [-0.4, -0.2) is 22.4 Å². The third-order valence-corrected chi connectivity index (χ3v) is 5.97. The van der Waals surface area contributed by atoms with Gasteiger partial charge in [0.1, 0.15) is 0 Å². The third-order valence-electron chi connectivity index (χ3n) is 5.97. The lowest BCUT2D eigenvalue weighted by Gasteiger charge is -2.33. The zero-order valence-electron chi connectivity index (χ0n) is 15.8. The van der Waals surface area contributed by atoms with E-state index in [2.05, 4.69) is 41.5 Å². The summed E-state index contributed by atoms with van der Waals surface area (Å²) in [4.78, 5) is 0. The van der Waals surface area contributed by atoms with Gasteiger partial charge in [-0.15, -0.1) is 0 Å². The fourth-order valence-electron chi connectivity index (χ4n) is 4.30. The summed E-state index contributed by atoms with van der Waals surface area (Å²) in [6, 6.07) is 0. The molecule has 132 valence electrons. The van der Waals surface area contributed by atoms with Crippen molar-refractivity contribution in [1.29, 1.82) is 0 Å². The molecule has 2 aliphatic rings. The lowest BCUT2D eigenvalue weighted by Crippen LogP contribution is -2.31. The Hall–Kier alpha value is -0.0800. The van der Waals surface area contributed by atoms with E-state index in [1.807, 2.05) is 0 Å². The first-order chi connectivity index (χ1) is 10.2. The van der Waals surface area contributed by atoms with Crippen LogP contribution in [0.15, 0.2) is 0 Å². The molecule has 2 rings (SSSR count). The first kappa shape index (κ1) is 20.0. The van der Waals surface area contributed by atoms with Crippen LogP contribution < -0.4 is 0 Å². The Labute approximate surface area is 138 Å². The van der Waals surface area contributed by atoms with E-state index in [-0.39, 0.29) is 12.2 Å². The minimum Gasteiger partial charge on any atom is -0.393 e. The van der Waals surface area contributed by atoms with Crippen LogP contribution in [0.4, 0.5) is 0 Å². The zero-order chi connectivity index (χ0) is 16.9. The van der Waals surface area contributed by atoms with Crippen molar-refractivity contribution in [2.75, 3.05) is 0 Å². The molecule has 0 aromatic carbocycles. The van der Waals surface area contributed by atoms with E-state index in [4.69, 9.17) is 0 Å². The van der Waals surface area contributed by atoms with Gasteiger partial charge in [-0.3, -0.25) is 0 Å². The Balaban J connectivity index is 0.000000220. The Morgan fingerprint density at radius 3 is 1.18 bits per heavy atom. The summed E-state index contributed by atoms with van der Waals surface area (Å²) in [6.07, 6.45) is 7.03. The Morgan fingerprint density at radius 2 is 0.955 bits per heavy atom. The minimum atomic E-state index is -0.0289. The van der Waals surface area contributed by atoms with Crippen molar-refractivity contribution in [2.24, 2.45) is 35.5 Å². The van der Waals surface area contributed by atoms with Crippen LogP contribution in [0.3, 0.4) is 0 Å². The highest BCUT2D eigenvalue weighted by Gasteiger charge is 2.29. The van der Waals surface area contributed by atoms with Crippen LogP contribution >= 0.6 is 0 Å². The Morgan fingerprint density at radius 1 is 0.636 bits per heavy atom. The molecular formula is C20H40O2. The number of hydrogen-bond donors (Lipinski definition) is 2. The van der Waals surface area contributed by atoms with Crippen molar-refractivity contribution in [3.05, 3.63) is 0 Å². The molecule has 0 spiro atoms. The molecule has 2 heteroatoms. The molecule has 0 aromatic heterocycles. The first-order valence-corrected chi connectivity index (χ1v) is 9.58. The average Bonchev–Trinajstić information content (AvgIpc) is 2.38. The van der Waals surface area contributed by atoms with Gasteiger partial charge < -0.3 is 10.2 Å². The topological polar surface area (TPSA) is 40.5 Å². The standard InChI is InChI=1S/2C10H20O/c2*1-7(2)9-5-4-8(3)6-10(9)11/h2*7-11H,4-6H2,1-3H3. The van der Waals surface area contributed by atoms with Gasteiger partial charge in [-0.05, 0) is 61.2 Å². The van der Waals surface area contributed by atoms with E-state index in [1.54, 1.807) is 0 Å². The normalized spacial score (nSPS) is 39.5. The third kappa shape index (κ3) is 6.20. The number of aliphatic hydroxyl groups is 2. The molecule has 0 radical (unpaired) electrons. The summed E-state index contributed by atoms with van der Waals surface area (Å²) in [5, 5.41) is 19.4. The maximum atomic E-state index is 9.71. The second-order valence-electron chi connectivity index (χ2n) is 8.79. The molecule has 2 nitrogen and oxygen atoms in total. The van der Waals surface area contributed by atoms with Crippen molar-refractivity contribution in [3.63, 3.8) is 0 Å². The molecule has 6 atom stereocenters. The van der Waals surface area contributed by atoms with Gasteiger partial charge in [0.25, 0.3) is 0 Å². The van der Waals surface area contributed by atoms with Crippen LogP contribution in [0, 0.1) is 35.5 Å². The van der Waals surface area contributed by atoms with Crippen molar-refractivity contribution < 1.29 is 10.2 Å². The molecule has 2 aliphatic carbocycles. The largest absolute Gasteiger partial charge is 0.393 e. The second kappa shape index (κ2) is 9.27. The van der Waals surface area contributed by atoms with Crippen LogP contribution in [0.25, 0.3) is 0 Å². The maximum Gasteiger partial charge on any atom is 0.0573 e. The van der Waals surface area contributed by atoms with Crippen LogP contribution in [0.1, 0.15) is 80.1 Å². The van der Waals surface area contributed by atoms with E-state index in [9.17, 15) is 10.2 Å². The molecular weight excluding hydrogens is 272 g/mol. The predicted molar refractivity (Wildman–Crippen MR) is 94.7 cm³/mol. The Bertz CT molecular complexity index is 270. The lowest BCUT2D eigenvalue weighted by atomic mass is 9.75. The Kier molecular flexibility index (Phi) is 8.42.